The number of aliphatic imine (C=N–C) groups is 1. The number of halogens is 1. The summed E-state index contributed by atoms with van der Waals surface area (Å²) in [5.74, 6) is 2.38. The first kappa shape index (κ1) is 27.2. The van der Waals surface area contributed by atoms with Crippen molar-refractivity contribution in [3.8, 4) is 11.5 Å². The highest BCUT2D eigenvalue weighted by molar-refractivity contribution is 14.0. The molecule has 182 valence electrons. The van der Waals surface area contributed by atoms with Gasteiger partial charge in [-0.05, 0) is 36.1 Å². The summed E-state index contributed by atoms with van der Waals surface area (Å²) in [5.41, 5.74) is 3.43. The molecule has 2 aromatic rings. The zero-order valence-corrected chi connectivity index (χ0v) is 22.3. The maximum atomic E-state index is 6.06. The predicted molar refractivity (Wildman–Crippen MR) is 142 cm³/mol. The fraction of sp³-hybridized carbons (Fsp3) is 0.480. The maximum Gasteiger partial charge on any atom is 0.193 e. The fourth-order valence-corrected chi connectivity index (χ4v) is 3.76. The van der Waals surface area contributed by atoms with Gasteiger partial charge in [0.1, 0.15) is 11.5 Å². The number of ether oxygens (including phenoxy) is 4. The van der Waals surface area contributed by atoms with Gasteiger partial charge in [-0.15, -0.1) is 24.0 Å². The molecule has 0 aliphatic carbocycles. The predicted octanol–water partition coefficient (Wildman–Crippen LogP) is 4.22. The highest BCUT2D eigenvalue weighted by atomic mass is 127. The fourth-order valence-electron chi connectivity index (χ4n) is 3.76. The summed E-state index contributed by atoms with van der Waals surface area (Å²) in [7, 11) is 7.13. The summed E-state index contributed by atoms with van der Waals surface area (Å²) in [6.45, 7) is 3.56. The number of rotatable bonds is 9. The van der Waals surface area contributed by atoms with Gasteiger partial charge in [0.15, 0.2) is 5.96 Å². The van der Waals surface area contributed by atoms with E-state index in [2.05, 4.69) is 39.5 Å². The van der Waals surface area contributed by atoms with Crippen molar-refractivity contribution < 1.29 is 18.9 Å². The number of nitrogens with zero attached hydrogens (tertiary/aromatic N) is 2. The van der Waals surface area contributed by atoms with Crippen LogP contribution in [0.1, 0.15) is 29.5 Å². The van der Waals surface area contributed by atoms with E-state index in [-0.39, 0.29) is 24.0 Å². The summed E-state index contributed by atoms with van der Waals surface area (Å²) in [6.07, 6.45) is 2.25. The molecule has 0 radical (unpaired) electrons. The summed E-state index contributed by atoms with van der Waals surface area (Å²) in [4.78, 5) is 6.51. The minimum Gasteiger partial charge on any atom is -0.497 e. The minimum absolute atomic E-state index is 0. The third-order valence-electron chi connectivity index (χ3n) is 5.57. The molecule has 0 atom stereocenters. The standard InChI is InChI=1S/C25H35N3O4.HI/c1-26-25(28(2)17-21-8-9-23(29-3)15-24(21)30-4)27-16-19-6-5-7-20(14-19)18-32-22-10-12-31-13-11-22;/h5-9,14-15,22H,10-13,16-18H2,1-4H3,(H,26,27);1H. The van der Waals surface area contributed by atoms with Crippen LogP contribution in [-0.4, -0.2) is 58.5 Å². The van der Waals surface area contributed by atoms with E-state index < -0.39 is 0 Å². The number of nitrogens with one attached hydrogen (secondary N) is 1. The van der Waals surface area contributed by atoms with Crippen LogP contribution in [0.25, 0.3) is 0 Å². The Hall–Kier alpha value is -2.04. The number of benzene rings is 2. The van der Waals surface area contributed by atoms with Crippen LogP contribution in [0.5, 0.6) is 11.5 Å². The average molecular weight is 569 g/mol. The lowest BCUT2D eigenvalue weighted by molar-refractivity contribution is -0.0390. The van der Waals surface area contributed by atoms with Crippen LogP contribution < -0.4 is 14.8 Å². The SMILES string of the molecule is CN=C(NCc1cccc(COC2CCOCC2)c1)N(C)Cc1ccc(OC)cc1OC.I. The van der Waals surface area contributed by atoms with Gasteiger partial charge in [-0.25, -0.2) is 0 Å². The molecule has 0 saturated carbocycles. The van der Waals surface area contributed by atoms with Crippen molar-refractivity contribution in [1.29, 1.82) is 0 Å². The molecule has 1 aliphatic rings. The third kappa shape index (κ3) is 8.35. The van der Waals surface area contributed by atoms with Gasteiger partial charge in [0.2, 0.25) is 0 Å². The van der Waals surface area contributed by atoms with Gasteiger partial charge in [0.25, 0.3) is 0 Å². The molecule has 0 bridgehead atoms. The van der Waals surface area contributed by atoms with E-state index in [1.807, 2.05) is 25.2 Å². The van der Waals surface area contributed by atoms with Crippen LogP contribution in [0.2, 0.25) is 0 Å². The Morgan fingerprint density at radius 3 is 2.55 bits per heavy atom. The number of hydrogen-bond donors (Lipinski definition) is 1. The Morgan fingerprint density at radius 1 is 1.09 bits per heavy atom. The lowest BCUT2D eigenvalue weighted by Crippen LogP contribution is -2.38. The van der Waals surface area contributed by atoms with Crippen molar-refractivity contribution in [3.63, 3.8) is 0 Å². The molecule has 0 spiro atoms. The Labute approximate surface area is 214 Å². The molecule has 33 heavy (non-hydrogen) atoms. The van der Waals surface area contributed by atoms with E-state index >= 15 is 0 Å². The summed E-state index contributed by atoms with van der Waals surface area (Å²) in [6, 6.07) is 14.3. The van der Waals surface area contributed by atoms with E-state index in [0.29, 0.717) is 25.8 Å². The van der Waals surface area contributed by atoms with Crippen molar-refractivity contribution in [2.45, 2.75) is 38.6 Å². The van der Waals surface area contributed by atoms with Crippen LogP contribution in [-0.2, 0) is 29.2 Å². The van der Waals surface area contributed by atoms with Crippen LogP contribution >= 0.6 is 24.0 Å². The monoisotopic (exact) mass is 569 g/mol. The molecule has 1 N–H and O–H groups in total. The topological polar surface area (TPSA) is 64.6 Å². The van der Waals surface area contributed by atoms with Crippen molar-refractivity contribution in [2.75, 3.05) is 41.5 Å². The smallest absolute Gasteiger partial charge is 0.193 e. The van der Waals surface area contributed by atoms with Crippen LogP contribution in [0.15, 0.2) is 47.5 Å². The van der Waals surface area contributed by atoms with Crippen LogP contribution in [0, 0.1) is 0 Å². The minimum atomic E-state index is 0. The van der Waals surface area contributed by atoms with Gasteiger partial charge in [0.05, 0.1) is 26.9 Å². The van der Waals surface area contributed by atoms with Gasteiger partial charge in [-0.3, -0.25) is 4.99 Å². The highest BCUT2D eigenvalue weighted by Gasteiger charge is 2.14. The molecular formula is C25H36IN3O4. The van der Waals surface area contributed by atoms with E-state index in [0.717, 1.165) is 49.1 Å². The van der Waals surface area contributed by atoms with Crippen LogP contribution in [0.3, 0.4) is 0 Å². The first-order chi connectivity index (χ1) is 15.6. The molecule has 0 unspecified atom stereocenters. The molecule has 1 heterocycles. The van der Waals surface area contributed by atoms with E-state index in [4.69, 9.17) is 18.9 Å². The molecule has 0 amide bonds. The average Bonchev–Trinajstić information content (AvgIpc) is 2.84. The zero-order chi connectivity index (χ0) is 22.8. The first-order valence-electron chi connectivity index (χ1n) is 11.0. The first-order valence-corrected chi connectivity index (χ1v) is 11.0. The second-order valence-corrected chi connectivity index (χ2v) is 7.88. The molecule has 0 aromatic heterocycles. The largest absolute Gasteiger partial charge is 0.497 e. The Bertz CT molecular complexity index is 888. The molecule has 3 rings (SSSR count). The van der Waals surface area contributed by atoms with Crippen LogP contribution in [0.4, 0.5) is 0 Å². The molecule has 1 fully saturated rings. The molecular weight excluding hydrogens is 533 g/mol. The van der Waals surface area contributed by atoms with E-state index in [9.17, 15) is 0 Å². The maximum absolute atomic E-state index is 6.06. The second kappa shape index (κ2) is 14.3. The molecule has 7 nitrogen and oxygen atoms in total. The van der Waals surface area contributed by atoms with Crippen molar-refractivity contribution in [3.05, 3.63) is 59.2 Å². The number of guanidine groups is 1. The summed E-state index contributed by atoms with van der Waals surface area (Å²) < 4.78 is 22.3. The van der Waals surface area contributed by atoms with Crippen molar-refractivity contribution in [1.82, 2.24) is 10.2 Å². The van der Waals surface area contributed by atoms with Gasteiger partial charge < -0.3 is 29.2 Å². The molecule has 1 saturated heterocycles. The Morgan fingerprint density at radius 2 is 1.85 bits per heavy atom. The van der Waals surface area contributed by atoms with Gasteiger partial charge in [-0.1, -0.05) is 24.3 Å². The lowest BCUT2D eigenvalue weighted by atomic mass is 10.1. The Kier molecular flexibility index (Phi) is 11.8. The van der Waals surface area contributed by atoms with Gasteiger partial charge in [0, 0.05) is 52.0 Å². The molecule has 8 heteroatoms. The molecule has 2 aromatic carbocycles. The number of hydrogen-bond acceptors (Lipinski definition) is 5. The number of methoxy groups -OCH3 is 2. The Balaban J connectivity index is 0.00000385. The van der Waals surface area contributed by atoms with Gasteiger partial charge >= 0.3 is 0 Å². The zero-order valence-electron chi connectivity index (χ0n) is 20.0. The van der Waals surface area contributed by atoms with Gasteiger partial charge in [-0.2, -0.15) is 0 Å². The molecule has 1 aliphatic heterocycles. The second-order valence-electron chi connectivity index (χ2n) is 7.88. The van der Waals surface area contributed by atoms with E-state index in [1.54, 1.807) is 21.3 Å². The quantitative estimate of drug-likeness (QED) is 0.277. The normalized spacial score (nSPS) is 14.4. The summed E-state index contributed by atoms with van der Waals surface area (Å²) in [5, 5.41) is 3.45. The lowest BCUT2D eigenvalue weighted by Gasteiger charge is -2.24. The van der Waals surface area contributed by atoms with Crippen molar-refractivity contribution >= 4 is 29.9 Å². The van der Waals surface area contributed by atoms with E-state index in [1.165, 1.54) is 11.1 Å². The highest BCUT2D eigenvalue weighted by Crippen LogP contribution is 2.25. The summed E-state index contributed by atoms with van der Waals surface area (Å²) >= 11 is 0. The van der Waals surface area contributed by atoms with Crippen molar-refractivity contribution in [2.24, 2.45) is 4.99 Å². The third-order valence-corrected chi connectivity index (χ3v) is 5.57.